The predicted molar refractivity (Wildman–Crippen MR) is 219 cm³/mol. The molecule has 14 heteroatoms. The molecule has 0 saturated carbocycles. The predicted octanol–water partition coefficient (Wildman–Crippen LogP) is 6.36. The van der Waals surface area contributed by atoms with Gasteiger partial charge in [0, 0.05) is 24.2 Å². The van der Waals surface area contributed by atoms with Gasteiger partial charge in [-0.2, -0.15) is 0 Å². The van der Waals surface area contributed by atoms with Crippen molar-refractivity contribution in [2.24, 2.45) is 11.8 Å². The summed E-state index contributed by atoms with van der Waals surface area (Å²) in [5.41, 5.74) is 1.50. The van der Waals surface area contributed by atoms with Gasteiger partial charge in [0.15, 0.2) is 0 Å². The molecule has 2 aliphatic heterocycles. The lowest BCUT2D eigenvalue weighted by Crippen LogP contribution is -2.52. The highest BCUT2D eigenvalue weighted by atomic mass is 16.6. The van der Waals surface area contributed by atoms with Gasteiger partial charge < -0.3 is 39.9 Å². The number of H-pyrrole nitrogens is 2. The van der Waals surface area contributed by atoms with Crippen molar-refractivity contribution in [3.63, 3.8) is 0 Å². The van der Waals surface area contributed by atoms with E-state index in [-0.39, 0.29) is 35.7 Å². The Hall–Kier alpha value is -5.76. The maximum absolute atomic E-state index is 13.7. The molecule has 2 saturated heterocycles. The van der Waals surface area contributed by atoms with Gasteiger partial charge in [0.05, 0.1) is 24.5 Å². The van der Waals surface area contributed by atoms with Crippen molar-refractivity contribution < 1.29 is 28.7 Å². The van der Waals surface area contributed by atoms with Crippen molar-refractivity contribution in [2.75, 3.05) is 13.1 Å². The average Bonchev–Trinajstić information content (AvgIpc) is 3.96. The van der Waals surface area contributed by atoms with Gasteiger partial charge >= 0.3 is 12.2 Å². The molecule has 4 N–H and O–H groups in total. The van der Waals surface area contributed by atoms with Gasteiger partial charge in [-0.25, -0.2) is 19.6 Å². The number of amides is 4. The molecule has 3 aromatic rings. The highest BCUT2D eigenvalue weighted by Gasteiger charge is 2.39. The molecule has 4 amide bonds. The third kappa shape index (κ3) is 11.7. The lowest BCUT2D eigenvalue weighted by atomic mass is 10.0. The van der Waals surface area contributed by atoms with Crippen LogP contribution in [0.4, 0.5) is 9.59 Å². The number of nitrogens with zero attached hydrogens (tertiary/aromatic N) is 4. The van der Waals surface area contributed by atoms with Crippen LogP contribution >= 0.6 is 0 Å². The fourth-order valence-corrected chi connectivity index (χ4v) is 6.94. The van der Waals surface area contributed by atoms with Crippen LogP contribution < -0.4 is 10.6 Å². The molecule has 2 aliphatic rings. The van der Waals surface area contributed by atoms with Gasteiger partial charge in [0.2, 0.25) is 11.8 Å². The van der Waals surface area contributed by atoms with E-state index in [4.69, 9.17) is 9.47 Å². The minimum atomic E-state index is -0.727. The second-order valence-electron chi connectivity index (χ2n) is 17.6. The second kappa shape index (κ2) is 18.2. The Bertz CT molecular complexity index is 1920. The average molecular weight is 795 g/mol. The molecule has 0 spiro atoms. The van der Waals surface area contributed by atoms with Crippen molar-refractivity contribution >= 4 is 24.0 Å². The quantitative estimate of drug-likeness (QED) is 0.191. The number of benzene rings is 1. The number of aromatic amines is 2. The molecule has 2 fully saturated rings. The molecule has 0 radical (unpaired) electrons. The molecule has 310 valence electrons. The Balaban J connectivity index is 1.19. The van der Waals surface area contributed by atoms with Crippen LogP contribution in [0.3, 0.4) is 0 Å². The number of hydrogen-bond donors (Lipinski definition) is 4. The van der Waals surface area contributed by atoms with Crippen LogP contribution in [0.15, 0.2) is 36.7 Å². The summed E-state index contributed by atoms with van der Waals surface area (Å²) in [5, 5.41) is 5.55. The zero-order valence-electron chi connectivity index (χ0n) is 35.4. The summed E-state index contributed by atoms with van der Waals surface area (Å²) < 4.78 is 10.8. The van der Waals surface area contributed by atoms with E-state index in [0.717, 1.165) is 36.8 Å². The number of rotatable bonds is 8. The fourth-order valence-electron chi connectivity index (χ4n) is 6.94. The smallest absolute Gasteiger partial charge is 0.408 e. The first kappa shape index (κ1) is 43.4. The number of likely N-dealkylation sites (tertiary alicyclic amines) is 2. The Labute approximate surface area is 342 Å². The van der Waals surface area contributed by atoms with Gasteiger partial charge in [0.1, 0.15) is 46.3 Å². The zero-order valence-corrected chi connectivity index (χ0v) is 35.4. The van der Waals surface area contributed by atoms with E-state index in [0.29, 0.717) is 36.1 Å². The van der Waals surface area contributed by atoms with E-state index < -0.39 is 35.5 Å². The van der Waals surface area contributed by atoms with E-state index in [1.807, 2.05) is 52.0 Å². The number of imidazole rings is 2. The van der Waals surface area contributed by atoms with E-state index in [1.54, 1.807) is 63.7 Å². The van der Waals surface area contributed by atoms with Crippen LogP contribution in [0, 0.1) is 35.5 Å². The SMILES string of the molecule is CC(C)C(NC(=O)OC(C)(C)C)C(=O)N1CCC[C@H]1c1ncc(C#Cc2ccc(C#Cc3cnc([C@@H]4CCCN4C(=O)[C@H](NC(=O)OC(C)(C)C)C(C)C)[nH]3)cc2)[nH]1. The van der Waals surface area contributed by atoms with Gasteiger partial charge in [-0.1, -0.05) is 39.5 Å². The minimum Gasteiger partial charge on any atom is -0.444 e. The Kier molecular flexibility index (Phi) is 13.6. The lowest BCUT2D eigenvalue weighted by Gasteiger charge is -2.31. The first-order chi connectivity index (χ1) is 27.3. The normalized spacial score (nSPS) is 17.9. The van der Waals surface area contributed by atoms with Crippen LogP contribution in [0.2, 0.25) is 0 Å². The molecule has 1 unspecified atom stereocenters. The van der Waals surface area contributed by atoms with Crippen molar-refractivity contribution in [3.8, 4) is 23.7 Å². The van der Waals surface area contributed by atoms with E-state index in [1.165, 1.54) is 0 Å². The summed E-state index contributed by atoms with van der Waals surface area (Å²) in [5.74, 6) is 13.3. The first-order valence-electron chi connectivity index (χ1n) is 20.1. The topological polar surface area (TPSA) is 175 Å². The molecule has 58 heavy (non-hydrogen) atoms. The molecule has 0 aliphatic carbocycles. The van der Waals surface area contributed by atoms with E-state index >= 15 is 0 Å². The van der Waals surface area contributed by atoms with Crippen LogP contribution in [0.5, 0.6) is 0 Å². The zero-order chi connectivity index (χ0) is 42.4. The molecule has 4 atom stereocenters. The molecule has 2 aromatic heterocycles. The molecule has 5 rings (SSSR count). The number of ether oxygens (including phenoxy) is 2. The van der Waals surface area contributed by atoms with Crippen LogP contribution in [-0.4, -0.2) is 90.1 Å². The van der Waals surface area contributed by atoms with Crippen molar-refractivity contribution in [1.82, 2.24) is 40.4 Å². The molecular weight excluding hydrogens is 737 g/mol. The summed E-state index contributed by atoms with van der Waals surface area (Å²) in [7, 11) is 0. The molecule has 4 heterocycles. The summed E-state index contributed by atoms with van der Waals surface area (Å²) in [6.45, 7) is 19.4. The van der Waals surface area contributed by atoms with E-state index in [9.17, 15) is 19.2 Å². The van der Waals surface area contributed by atoms with E-state index in [2.05, 4.69) is 54.3 Å². The van der Waals surface area contributed by atoms with Gasteiger partial charge in [-0.15, -0.1) is 0 Å². The van der Waals surface area contributed by atoms with Crippen LogP contribution in [0.1, 0.15) is 141 Å². The maximum Gasteiger partial charge on any atom is 0.408 e. The van der Waals surface area contributed by atoms with Crippen LogP contribution in [-0.2, 0) is 19.1 Å². The molecule has 14 nitrogen and oxygen atoms in total. The number of alkyl carbamates (subject to hydrolysis) is 2. The van der Waals surface area contributed by atoms with Crippen LogP contribution in [0.25, 0.3) is 0 Å². The highest BCUT2D eigenvalue weighted by Crippen LogP contribution is 2.33. The number of aromatic nitrogens is 4. The molecule has 0 bridgehead atoms. The number of hydrogen-bond acceptors (Lipinski definition) is 8. The number of carbonyl (C=O) groups excluding carboxylic acids is 4. The number of nitrogens with one attached hydrogen (secondary N) is 4. The first-order valence-corrected chi connectivity index (χ1v) is 20.1. The lowest BCUT2D eigenvalue weighted by molar-refractivity contribution is -0.136. The largest absolute Gasteiger partial charge is 0.444 e. The van der Waals surface area contributed by atoms with Crippen molar-refractivity contribution in [1.29, 1.82) is 0 Å². The highest BCUT2D eigenvalue weighted by molar-refractivity contribution is 5.87. The monoisotopic (exact) mass is 794 g/mol. The molecule has 1 aromatic carbocycles. The van der Waals surface area contributed by atoms with Gasteiger partial charge in [-0.3, -0.25) is 9.59 Å². The summed E-state index contributed by atoms with van der Waals surface area (Å²) in [4.78, 5) is 71.7. The third-order valence-electron chi connectivity index (χ3n) is 9.67. The van der Waals surface area contributed by atoms with Gasteiger partial charge in [-0.05, 0) is 115 Å². The maximum atomic E-state index is 13.7. The van der Waals surface area contributed by atoms with Crippen molar-refractivity contribution in [3.05, 3.63) is 70.8 Å². The fraction of sp³-hybridized carbons (Fsp3) is 0.545. The second-order valence-corrected chi connectivity index (χ2v) is 17.6. The van der Waals surface area contributed by atoms with Crippen molar-refractivity contribution in [2.45, 2.75) is 130 Å². The summed E-state index contributed by atoms with van der Waals surface area (Å²) in [6.07, 6.45) is 5.25. The standard InChI is InChI=1S/C44H58N8O6/c1-27(2)35(49-41(55)57-43(5,6)7)39(53)51-23-11-13-33(51)37-45-25-31(47-37)21-19-29-15-17-30(18-16-29)20-22-32-26-46-38(48-32)34-14-12-24-52(34)40(54)36(28(3)4)50-42(56)58-44(8,9)10/h15-18,25-28,33-36H,11-14,23-24H2,1-10H3,(H,45,47)(H,46,48)(H,49,55)(H,50,56)/t33-,34-,35+,36?/m0/s1. The molecular formula is C44H58N8O6. The Morgan fingerprint density at radius 1 is 0.655 bits per heavy atom. The minimum absolute atomic E-state index is 0.136. The summed E-state index contributed by atoms with van der Waals surface area (Å²) >= 11 is 0. The third-order valence-corrected chi connectivity index (χ3v) is 9.67. The number of carbonyl (C=O) groups is 4. The Morgan fingerprint density at radius 2 is 1.02 bits per heavy atom. The summed E-state index contributed by atoms with van der Waals surface area (Å²) in [6, 6.07) is 5.62. The Morgan fingerprint density at radius 3 is 1.34 bits per heavy atom. The van der Waals surface area contributed by atoms with Gasteiger partial charge in [0.25, 0.3) is 0 Å².